The van der Waals surface area contributed by atoms with Crippen LogP contribution in [0.25, 0.3) is 0 Å². The first-order valence-electron chi connectivity index (χ1n) is 11.5. The van der Waals surface area contributed by atoms with Gasteiger partial charge in [0.15, 0.2) is 5.96 Å². The molecule has 166 valence electrons. The van der Waals surface area contributed by atoms with Crippen molar-refractivity contribution < 1.29 is 4.79 Å². The highest BCUT2D eigenvalue weighted by atomic mass is 16.2. The summed E-state index contributed by atoms with van der Waals surface area (Å²) in [6.45, 7) is 13.1. The smallest absolute Gasteiger partial charge is 0.219 e. The van der Waals surface area contributed by atoms with Crippen LogP contribution < -0.4 is 10.6 Å². The first-order chi connectivity index (χ1) is 14.7. The van der Waals surface area contributed by atoms with Crippen molar-refractivity contribution in [1.82, 2.24) is 25.3 Å². The van der Waals surface area contributed by atoms with Crippen molar-refractivity contribution in [1.29, 1.82) is 0 Å². The van der Waals surface area contributed by atoms with Gasteiger partial charge >= 0.3 is 0 Å². The number of hydrogen-bond donors (Lipinski definition) is 2. The van der Waals surface area contributed by atoms with Gasteiger partial charge in [0.1, 0.15) is 0 Å². The second kappa shape index (κ2) is 11.9. The molecule has 0 saturated carbocycles. The van der Waals surface area contributed by atoms with Crippen LogP contribution in [0.4, 0.5) is 0 Å². The van der Waals surface area contributed by atoms with Crippen molar-refractivity contribution in [3.8, 4) is 0 Å². The monoisotopic (exact) mass is 414 g/mol. The molecule has 2 fully saturated rings. The molecule has 0 spiro atoms. The molecule has 2 N–H and O–H groups in total. The number of rotatable bonds is 8. The lowest BCUT2D eigenvalue weighted by atomic mass is 10.1. The Morgan fingerprint density at radius 3 is 2.37 bits per heavy atom. The Hall–Kier alpha value is -2.12. The largest absolute Gasteiger partial charge is 0.357 e. The zero-order valence-electron chi connectivity index (χ0n) is 18.6. The third-order valence-corrected chi connectivity index (χ3v) is 6.07. The van der Waals surface area contributed by atoms with Gasteiger partial charge in [0.25, 0.3) is 0 Å². The molecule has 7 nitrogen and oxygen atoms in total. The number of nitrogens with one attached hydrogen (secondary N) is 2. The van der Waals surface area contributed by atoms with Gasteiger partial charge in [0.2, 0.25) is 5.91 Å². The molecule has 2 aliphatic rings. The Balaban J connectivity index is 1.52. The molecule has 7 heteroatoms. The fraction of sp³-hybridized carbons (Fsp3) is 0.652. The molecule has 1 aromatic carbocycles. The van der Waals surface area contributed by atoms with Crippen molar-refractivity contribution in [2.75, 3.05) is 65.4 Å². The van der Waals surface area contributed by atoms with Gasteiger partial charge in [0.05, 0.1) is 12.6 Å². The Morgan fingerprint density at radius 2 is 1.73 bits per heavy atom. The first kappa shape index (κ1) is 22.6. The Bertz CT molecular complexity index is 666. The number of carbonyl (C=O) groups excluding carboxylic acids is 1. The molecule has 1 atom stereocenters. The molecule has 0 bridgehead atoms. The van der Waals surface area contributed by atoms with Crippen LogP contribution in [0.15, 0.2) is 35.3 Å². The van der Waals surface area contributed by atoms with Crippen LogP contribution in [0.2, 0.25) is 0 Å². The minimum Gasteiger partial charge on any atom is -0.357 e. The number of hydrogen-bond acceptors (Lipinski definition) is 4. The molecule has 30 heavy (non-hydrogen) atoms. The lowest BCUT2D eigenvalue weighted by Crippen LogP contribution is -2.50. The summed E-state index contributed by atoms with van der Waals surface area (Å²) in [5.74, 6) is 1.07. The third kappa shape index (κ3) is 6.71. The van der Waals surface area contributed by atoms with E-state index in [0.29, 0.717) is 6.04 Å². The maximum atomic E-state index is 11.5. The molecule has 1 amide bonds. The van der Waals surface area contributed by atoms with E-state index in [1.807, 2.05) is 4.90 Å². The normalized spacial score (nSPS) is 19.7. The van der Waals surface area contributed by atoms with E-state index in [9.17, 15) is 4.79 Å². The Labute approximate surface area is 181 Å². The van der Waals surface area contributed by atoms with Crippen LogP contribution in [0.1, 0.15) is 38.3 Å². The summed E-state index contributed by atoms with van der Waals surface area (Å²) in [7, 11) is 0. The van der Waals surface area contributed by atoms with Crippen LogP contribution in [-0.4, -0.2) is 92.0 Å². The first-order valence-corrected chi connectivity index (χ1v) is 11.5. The zero-order chi connectivity index (χ0) is 21.2. The highest BCUT2D eigenvalue weighted by Gasteiger charge is 2.23. The summed E-state index contributed by atoms with van der Waals surface area (Å²) in [5.41, 5.74) is 1.35. The second-order valence-corrected chi connectivity index (χ2v) is 8.16. The van der Waals surface area contributed by atoms with Gasteiger partial charge in [0, 0.05) is 52.7 Å². The fourth-order valence-corrected chi connectivity index (χ4v) is 4.30. The molecule has 1 aromatic rings. The lowest BCUT2D eigenvalue weighted by molar-refractivity contribution is -0.130. The van der Waals surface area contributed by atoms with E-state index in [1.54, 1.807) is 6.92 Å². The van der Waals surface area contributed by atoms with Gasteiger partial charge in [-0.05, 0) is 38.4 Å². The number of likely N-dealkylation sites (tertiary alicyclic amines) is 1. The Morgan fingerprint density at radius 1 is 1.03 bits per heavy atom. The topological polar surface area (TPSA) is 63.2 Å². The van der Waals surface area contributed by atoms with Gasteiger partial charge in [-0.25, -0.2) is 0 Å². The van der Waals surface area contributed by atoms with E-state index in [1.165, 1.54) is 18.4 Å². The van der Waals surface area contributed by atoms with Gasteiger partial charge in [-0.1, -0.05) is 30.3 Å². The summed E-state index contributed by atoms with van der Waals surface area (Å²) in [6, 6.07) is 11.1. The molecular formula is C23H38N6O. The van der Waals surface area contributed by atoms with Gasteiger partial charge in [-0.15, -0.1) is 0 Å². The quantitative estimate of drug-likeness (QED) is 0.499. The number of benzene rings is 1. The number of piperazine rings is 1. The average Bonchev–Trinajstić information content (AvgIpc) is 3.29. The van der Waals surface area contributed by atoms with Crippen LogP contribution in [0.3, 0.4) is 0 Å². The minimum absolute atomic E-state index is 0.181. The van der Waals surface area contributed by atoms with Crippen LogP contribution in [0, 0.1) is 0 Å². The number of amides is 1. The number of nitrogens with zero attached hydrogens (tertiary/aromatic N) is 4. The van der Waals surface area contributed by atoms with Crippen molar-refractivity contribution >= 4 is 11.9 Å². The minimum atomic E-state index is 0.181. The third-order valence-electron chi connectivity index (χ3n) is 6.07. The van der Waals surface area contributed by atoms with E-state index in [0.717, 1.165) is 71.4 Å². The molecular weight excluding hydrogens is 376 g/mol. The van der Waals surface area contributed by atoms with Crippen LogP contribution >= 0.6 is 0 Å². The maximum Gasteiger partial charge on any atom is 0.219 e. The standard InChI is InChI=1S/C23H38N6O/c1-3-24-23(25-11-14-27-15-17-28(18-16-27)20(2)30)26-19-22(29-12-7-8-13-29)21-9-5-4-6-10-21/h4-6,9-10,22H,3,7-8,11-19H2,1-2H3,(H2,24,25,26). The number of carbonyl (C=O) groups is 1. The summed E-state index contributed by atoms with van der Waals surface area (Å²) in [5, 5.41) is 6.89. The predicted molar refractivity (Wildman–Crippen MR) is 123 cm³/mol. The predicted octanol–water partition coefficient (Wildman–Crippen LogP) is 1.54. The summed E-state index contributed by atoms with van der Waals surface area (Å²) in [6.07, 6.45) is 2.56. The highest BCUT2D eigenvalue weighted by Crippen LogP contribution is 2.25. The Kier molecular flexibility index (Phi) is 8.96. The van der Waals surface area contributed by atoms with Crippen molar-refractivity contribution in [2.45, 2.75) is 32.7 Å². The number of aliphatic imine (C=N–C) groups is 1. The van der Waals surface area contributed by atoms with Crippen molar-refractivity contribution in [2.24, 2.45) is 4.99 Å². The molecule has 0 aromatic heterocycles. The number of guanidine groups is 1. The molecule has 1 unspecified atom stereocenters. The molecule has 0 radical (unpaired) electrons. The molecule has 0 aliphatic carbocycles. The van der Waals surface area contributed by atoms with Gasteiger partial charge < -0.3 is 15.5 Å². The maximum absolute atomic E-state index is 11.5. The summed E-state index contributed by atoms with van der Waals surface area (Å²) >= 11 is 0. The van der Waals surface area contributed by atoms with Gasteiger partial charge in [-0.3, -0.25) is 19.6 Å². The van der Waals surface area contributed by atoms with Crippen LogP contribution in [0.5, 0.6) is 0 Å². The second-order valence-electron chi connectivity index (χ2n) is 8.16. The zero-order valence-corrected chi connectivity index (χ0v) is 18.6. The SMILES string of the molecule is CCNC(=NCC(c1ccccc1)N1CCCC1)NCCN1CCN(C(C)=O)CC1. The van der Waals surface area contributed by atoms with E-state index < -0.39 is 0 Å². The summed E-state index contributed by atoms with van der Waals surface area (Å²) in [4.78, 5) is 23.3. The average molecular weight is 415 g/mol. The fourth-order valence-electron chi connectivity index (χ4n) is 4.30. The highest BCUT2D eigenvalue weighted by molar-refractivity contribution is 5.79. The van der Waals surface area contributed by atoms with Crippen molar-refractivity contribution in [3.05, 3.63) is 35.9 Å². The van der Waals surface area contributed by atoms with Crippen LogP contribution in [-0.2, 0) is 4.79 Å². The summed E-state index contributed by atoms with van der Waals surface area (Å²) < 4.78 is 0. The molecule has 2 heterocycles. The van der Waals surface area contributed by atoms with E-state index in [2.05, 4.69) is 57.7 Å². The lowest BCUT2D eigenvalue weighted by Gasteiger charge is -2.34. The molecule has 2 saturated heterocycles. The van der Waals surface area contributed by atoms with Crippen molar-refractivity contribution in [3.63, 3.8) is 0 Å². The van der Waals surface area contributed by atoms with E-state index in [-0.39, 0.29) is 5.91 Å². The molecule has 3 rings (SSSR count). The van der Waals surface area contributed by atoms with E-state index in [4.69, 9.17) is 4.99 Å². The molecule has 2 aliphatic heterocycles. The van der Waals surface area contributed by atoms with Gasteiger partial charge in [-0.2, -0.15) is 0 Å². The van der Waals surface area contributed by atoms with E-state index >= 15 is 0 Å².